The molecule has 0 radical (unpaired) electrons. The summed E-state index contributed by atoms with van der Waals surface area (Å²) in [5.41, 5.74) is 0. The molecule has 11 nitrogen and oxygen atoms in total. The minimum Gasteiger partial charge on any atom is -0.394 e. The summed E-state index contributed by atoms with van der Waals surface area (Å²) in [6, 6.07) is -1.20. The van der Waals surface area contributed by atoms with Crippen molar-refractivity contribution in [2.75, 3.05) is 13.2 Å². The Balaban J connectivity index is 2.50. The maximum Gasteiger partial charge on any atom is 0.249 e. The number of rotatable bonds is 38. The van der Waals surface area contributed by atoms with E-state index in [1.54, 1.807) is 0 Å². The van der Waals surface area contributed by atoms with E-state index in [0.717, 1.165) is 70.6 Å². The zero-order valence-electron chi connectivity index (χ0n) is 37.0. The Bertz CT molecular complexity index is 1100. The molecule has 1 heterocycles. The normalized spacial score (nSPS) is 22.2. The van der Waals surface area contributed by atoms with Crippen molar-refractivity contribution in [2.24, 2.45) is 0 Å². The molecule has 9 atom stereocenters. The van der Waals surface area contributed by atoms with Gasteiger partial charge in [0.2, 0.25) is 5.91 Å². The highest BCUT2D eigenvalue weighted by molar-refractivity contribution is 5.80. The van der Waals surface area contributed by atoms with E-state index in [-0.39, 0.29) is 12.8 Å². The molecule has 1 saturated heterocycles. The van der Waals surface area contributed by atoms with Gasteiger partial charge in [-0.15, -0.1) is 0 Å². The first kappa shape index (κ1) is 55.1. The number of carbonyl (C=O) groups is 1. The molecule has 1 aliphatic rings. The second-order valence-electron chi connectivity index (χ2n) is 16.5. The van der Waals surface area contributed by atoms with Crippen molar-refractivity contribution >= 4 is 5.91 Å². The monoisotopic (exact) mass is 838 g/mol. The van der Waals surface area contributed by atoms with Crippen LogP contribution in [0.15, 0.2) is 48.6 Å². The number of nitrogens with one attached hydrogen (secondary N) is 1. The molecule has 344 valence electrons. The Morgan fingerprint density at radius 2 is 1.07 bits per heavy atom. The highest BCUT2D eigenvalue weighted by atomic mass is 16.7. The van der Waals surface area contributed by atoms with E-state index in [4.69, 9.17) is 9.47 Å². The average molecular weight is 838 g/mol. The first-order valence-electron chi connectivity index (χ1n) is 23.5. The molecule has 0 aliphatic carbocycles. The molecule has 11 heteroatoms. The summed E-state index contributed by atoms with van der Waals surface area (Å²) in [5, 5.41) is 75.6. The molecule has 1 rings (SSSR count). The third-order valence-corrected chi connectivity index (χ3v) is 11.1. The van der Waals surface area contributed by atoms with Crippen LogP contribution in [0.1, 0.15) is 181 Å². The molecular formula is C48H87NO10. The Morgan fingerprint density at radius 3 is 1.64 bits per heavy atom. The molecule has 0 aromatic carbocycles. The van der Waals surface area contributed by atoms with Gasteiger partial charge in [-0.2, -0.15) is 0 Å². The van der Waals surface area contributed by atoms with Gasteiger partial charge in [0, 0.05) is 0 Å². The lowest BCUT2D eigenvalue weighted by Gasteiger charge is -2.40. The van der Waals surface area contributed by atoms with Gasteiger partial charge >= 0.3 is 0 Å². The first-order chi connectivity index (χ1) is 28.7. The van der Waals surface area contributed by atoms with Gasteiger partial charge < -0.3 is 50.5 Å². The fourth-order valence-corrected chi connectivity index (χ4v) is 7.13. The van der Waals surface area contributed by atoms with E-state index < -0.39 is 74.2 Å². The molecule has 0 spiro atoms. The third kappa shape index (κ3) is 27.6. The third-order valence-electron chi connectivity index (χ3n) is 11.1. The Morgan fingerprint density at radius 1 is 0.593 bits per heavy atom. The highest BCUT2D eigenvalue weighted by Gasteiger charge is 2.44. The van der Waals surface area contributed by atoms with Crippen LogP contribution < -0.4 is 5.32 Å². The first-order valence-corrected chi connectivity index (χ1v) is 23.5. The molecule has 1 fully saturated rings. The number of allylic oxidation sites excluding steroid dienone is 8. The number of carbonyl (C=O) groups excluding carboxylic acids is 1. The maximum absolute atomic E-state index is 13.1. The quantitative estimate of drug-likeness (QED) is 0.0225. The van der Waals surface area contributed by atoms with Gasteiger partial charge in [0.25, 0.3) is 0 Å². The second kappa shape index (κ2) is 37.8. The number of ether oxygens (including phenoxy) is 2. The van der Waals surface area contributed by atoms with Crippen molar-refractivity contribution in [2.45, 2.75) is 236 Å². The van der Waals surface area contributed by atoms with Crippen molar-refractivity contribution in [3.8, 4) is 0 Å². The zero-order valence-corrected chi connectivity index (χ0v) is 37.0. The van der Waals surface area contributed by atoms with E-state index in [0.29, 0.717) is 19.3 Å². The largest absolute Gasteiger partial charge is 0.394 e. The standard InChI is InChI=1S/C48H87NO10/c1-3-5-7-9-11-13-15-17-19-21-23-25-27-29-31-33-35-40(51)43(53)39(38-58-48-46(56)45(55)44(54)42(37-50)59-48)49-47(57)41(52)36-34-32-30-28-26-24-22-20-18-16-14-12-10-8-6-4-2/h12,14,18-21,27,29,39-46,48,50-56H,3-11,13,15-17,22-26,28,30-38H2,1-2H3,(H,49,57)/b14-12-,20-18-,21-19+,29-27+. The molecule has 0 bridgehead atoms. The Hall–Kier alpha value is -1.93. The van der Waals surface area contributed by atoms with Crippen molar-refractivity contribution in [1.82, 2.24) is 5.32 Å². The van der Waals surface area contributed by atoms with E-state index in [1.807, 2.05) is 0 Å². The Labute approximate surface area is 358 Å². The van der Waals surface area contributed by atoms with Crippen LogP contribution in [-0.2, 0) is 14.3 Å². The number of hydrogen-bond acceptors (Lipinski definition) is 10. The average Bonchev–Trinajstić information content (AvgIpc) is 3.23. The SMILES string of the molecule is CCCCC/C=C\C/C=C\CCCCCCCCC(O)C(=O)NC(COC1OC(CO)C(O)C(O)C1O)C(O)C(O)CCC/C=C/CC/C=C/CCCCCCCCC. The molecule has 1 aliphatic heterocycles. The fraction of sp³-hybridized carbons (Fsp3) is 0.812. The fourth-order valence-electron chi connectivity index (χ4n) is 7.13. The van der Waals surface area contributed by atoms with Gasteiger partial charge in [-0.25, -0.2) is 0 Å². The second-order valence-corrected chi connectivity index (χ2v) is 16.5. The van der Waals surface area contributed by atoms with Gasteiger partial charge in [-0.05, 0) is 83.5 Å². The van der Waals surface area contributed by atoms with Crippen LogP contribution in [0.2, 0.25) is 0 Å². The number of unbranched alkanes of at least 4 members (excludes halogenated alkanes) is 18. The number of aliphatic hydroxyl groups excluding tert-OH is 7. The van der Waals surface area contributed by atoms with E-state index >= 15 is 0 Å². The number of amides is 1. The summed E-state index contributed by atoms with van der Waals surface area (Å²) >= 11 is 0. The molecule has 0 saturated carbocycles. The lowest BCUT2D eigenvalue weighted by atomic mass is 9.98. The van der Waals surface area contributed by atoms with Crippen molar-refractivity contribution in [3.63, 3.8) is 0 Å². The Kier molecular flexibility index (Phi) is 35.3. The van der Waals surface area contributed by atoms with Crippen molar-refractivity contribution in [3.05, 3.63) is 48.6 Å². The molecular weight excluding hydrogens is 751 g/mol. The lowest BCUT2D eigenvalue weighted by molar-refractivity contribution is -0.303. The lowest BCUT2D eigenvalue weighted by Crippen LogP contribution is -2.60. The summed E-state index contributed by atoms with van der Waals surface area (Å²) in [7, 11) is 0. The van der Waals surface area contributed by atoms with E-state index in [9.17, 15) is 40.5 Å². The molecule has 0 aromatic heterocycles. The zero-order chi connectivity index (χ0) is 43.4. The highest BCUT2D eigenvalue weighted by Crippen LogP contribution is 2.23. The van der Waals surface area contributed by atoms with Crippen LogP contribution in [0.3, 0.4) is 0 Å². The maximum atomic E-state index is 13.1. The van der Waals surface area contributed by atoms with Crippen LogP contribution in [-0.4, -0.2) is 110 Å². The molecule has 9 unspecified atom stereocenters. The van der Waals surface area contributed by atoms with Crippen molar-refractivity contribution < 1.29 is 50.0 Å². The summed E-state index contributed by atoms with van der Waals surface area (Å²) < 4.78 is 11.1. The predicted molar refractivity (Wildman–Crippen MR) is 238 cm³/mol. The number of hydrogen-bond donors (Lipinski definition) is 8. The molecule has 0 aromatic rings. The van der Waals surface area contributed by atoms with Crippen LogP contribution in [0, 0.1) is 0 Å². The predicted octanol–water partition coefficient (Wildman–Crippen LogP) is 7.78. The van der Waals surface area contributed by atoms with Gasteiger partial charge in [-0.1, -0.05) is 146 Å². The van der Waals surface area contributed by atoms with Crippen LogP contribution in [0.4, 0.5) is 0 Å². The van der Waals surface area contributed by atoms with Crippen molar-refractivity contribution in [1.29, 1.82) is 0 Å². The molecule has 1 amide bonds. The smallest absolute Gasteiger partial charge is 0.249 e. The molecule has 59 heavy (non-hydrogen) atoms. The van der Waals surface area contributed by atoms with E-state index in [2.05, 4.69) is 67.8 Å². The van der Waals surface area contributed by atoms with E-state index in [1.165, 1.54) is 64.2 Å². The minimum atomic E-state index is -1.67. The van der Waals surface area contributed by atoms with Gasteiger partial charge in [-0.3, -0.25) is 4.79 Å². The van der Waals surface area contributed by atoms with Crippen LogP contribution in [0.5, 0.6) is 0 Å². The summed E-state index contributed by atoms with van der Waals surface area (Å²) in [4.78, 5) is 13.1. The summed E-state index contributed by atoms with van der Waals surface area (Å²) in [6.07, 6.45) is 32.9. The van der Waals surface area contributed by atoms with Gasteiger partial charge in [0.05, 0.1) is 25.4 Å². The van der Waals surface area contributed by atoms with Crippen LogP contribution >= 0.6 is 0 Å². The van der Waals surface area contributed by atoms with Gasteiger partial charge in [0.1, 0.15) is 36.6 Å². The summed E-state index contributed by atoms with van der Waals surface area (Å²) in [5.74, 6) is -0.722. The minimum absolute atomic E-state index is 0.237. The molecule has 8 N–H and O–H groups in total. The summed E-state index contributed by atoms with van der Waals surface area (Å²) in [6.45, 7) is 3.37. The topological polar surface area (TPSA) is 189 Å². The van der Waals surface area contributed by atoms with Crippen LogP contribution in [0.25, 0.3) is 0 Å². The van der Waals surface area contributed by atoms with Gasteiger partial charge in [0.15, 0.2) is 6.29 Å². The number of aliphatic hydroxyl groups is 7.